The second-order valence-electron chi connectivity index (χ2n) is 5.29. The number of halogens is 3. The molecule has 0 radical (unpaired) electrons. The lowest BCUT2D eigenvalue weighted by Crippen LogP contribution is -2.59. The zero-order valence-electron chi connectivity index (χ0n) is 11.4. The van der Waals surface area contributed by atoms with Crippen molar-refractivity contribution in [3.8, 4) is 0 Å². The number of aliphatic carboxylic acids is 1. The van der Waals surface area contributed by atoms with Crippen LogP contribution in [0.25, 0.3) is 0 Å². The van der Waals surface area contributed by atoms with Gasteiger partial charge in [-0.15, -0.1) is 0 Å². The molecule has 0 heterocycles. The summed E-state index contributed by atoms with van der Waals surface area (Å²) >= 11 is 0. The Kier molecular flexibility index (Phi) is 3.99. The molecule has 0 aromatic heterocycles. The first-order chi connectivity index (χ1) is 9.97. The SMILES string of the molecule is Cc1ccc(S(=O)(=O)OC2(C(F)(F)F)CC(C(=O)O)C2)cc1. The summed E-state index contributed by atoms with van der Waals surface area (Å²) in [6, 6.07) is 5.14. The third-order valence-electron chi connectivity index (χ3n) is 3.60. The van der Waals surface area contributed by atoms with E-state index in [0.29, 0.717) is 0 Å². The molecule has 0 saturated heterocycles. The van der Waals surface area contributed by atoms with Gasteiger partial charge in [0.25, 0.3) is 10.1 Å². The first kappa shape index (κ1) is 16.8. The van der Waals surface area contributed by atoms with Crippen molar-refractivity contribution in [1.29, 1.82) is 0 Å². The number of rotatable bonds is 4. The monoisotopic (exact) mass is 338 g/mol. The number of carboxylic acids is 1. The van der Waals surface area contributed by atoms with Crippen LogP contribution in [0.1, 0.15) is 18.4 Å². The molecule has 1 aliphatic rings. The van der Waals surface area contributed by atoms with Gasteiger partial charge in [-0.25, -0.2) is 4.18 Å². The van der Waals surface area contributed by atoms with Crippen molar-refractivity contribution in [3.63, 3.8) is 0 Å². The Labute approximate surface area is 124 Å². The zero-order valence-corrected chi connectivity index (χ0v) is 12.2. The Balaban J connectivity index is 2.29. The van der Waals surface area contributed by atoms with Crippen molar-refractivity contribution in [1.82, 2.24) is 0 Å². The van der Waals surface area contributed by atoms with E-state index in [0.717, 1.165) is 17.7 Å². The zero-order chi connectivity index (χ0) is 16.8. The Hall–Kier alpha value is -1.61. The molecule has 9 heteroatoms. The molecule has 0 spiro atoms. The fourth-order valence-corrected chi connectivity index (χ4v) is 3.44. The van der Waals surface area contributed by atoms with Crippen molar-refractivity contribution in [2.75, 3.05) is 0 Å². The maximum absolute atomic E-state index is 13.1. The summed E-state index contributed by atoms with van der Waals surface area (Å²) < 4.78 is 67.8. The number of hydrogen-bond acceptors (Lipinski definition) is 4. The van der Waals surface area contributed by atoms with Crippen molar-refractivity contribution < 1.29 is 35.7 Å². The van der Waals surface area contributed by atoms with E-state index in [-0.39, 0.29) is 0 Å². The number of carbonyl (C=O) groups is 1. The van der Waals surface area contributed by atoms with Gasteiger partial charge in [-0.1, -0.05) is 17.7 Å². The smallest absolute Gasteiger partial charge is 0.418 e. The van der Waals surface area contributed by atoms with Crippen LogP contribution in [0.3, 0.4) is 0 Å². The third-order valence-corrected chi connectivity index (χ3v) is 4.98. The van der Waals surface area contributed by atoms with Crippen LogP contribution < -0.4 is 0 Å². The van der Waals surface area contributed by atoms with Crippen molar-refractivity contribution in [2.24, 2.45) is 5.92 Å². The van der Waals surface area contributed by atoms with E-state index >= 15 is 0 Å². The number of benzene rings is 1. The Bertz CT molecular complexity index is 673. The molecule has 122 valence electrons. The van der Waals surface area contributed by atoms with Gasteiger partial charge in [0.05, 0.1) is 10.8 Å². The summed E-state index contributed by atoms with van der Waals surface area (Å²) in [7, 11) is -4.64. The summed E-state index contributed by atoms with van der Waals surface area (Å²) in [5.74, 6) is -2.67. The highest BCUT2D eigenvalue weighted by atomic mass is 32.2. The van der Waals surface area contributed by atoms with E-state index in [4.69, 9.17) is 5.11 Å². The first-order valence-corrected chi connectivity index (χ1v) is 7.69. The predicted octanol–water partition coefficient (Wildman–Crippen LogP) is 2.50. The van der Waals surface area contributed by atoms with E-state index in [2.05, 4.69) is 4.18 Å². The van der Waals surface area contributed by atoms with E-state index in [1.807, 2.05) is 0 Å². The van der Waals surface area contributed by atoms with Gasteiger partial charge >= 0.3 is 12.1 Å². The largest absolute Gasteiger partial charge is 0.481 e. The molecule has 1 aromatic carbocycles. The summed E-state index contributed by atoms with van der Waals surface area (Å²) in [5, 5.41) is 8.70. The summed E-state index contributed by atoms with van der Waals surface area (Å²) in [5.41, 5.74) is -2.24. The highest BCUT2D eigenvalue weighted by Gasteiger charge is 2.67. The quantitative estimate of drug-likeness (QED) is 0.853. The molecule has 22 heavy (non-hydrogen) atoms. The van der Waals surface area contributed by atoms with Crippen LogP contribution in [0.4, 0.5) is 13.2 Å². The number of carboxylic acid groups (broad SMARTS) is 1. The molecule has 0 unspecified atom stereocenters. The van der Waals surface area contributed by atoms with Crippen LogP contribution in [0.2, 0.25) is 0 Å². The van der Waals surface area contributed by atoms with Gasteiger partial charge in [-0.05, 0) is 19.1 Å². The van der Waals surface area contributed by atoms with E-state index in [1.165, 1.54) is 12.1 Å². The minimum absolute atomic E-state index is 0.402. The van der Waals surface area contributed by atoms with Gasteiger partial charge in [0.1, 0.15) is 0 Å². The standard InChI is InChI=1S/C13H13F3O5S/c1-8-2-4-10(5-3-8)22(19,20)21-12(13(14,15)16)6-9(7-12)11(17)18/h2-5,9H,6-7H2,1H3,(H,17,18). The molecule has 0 aliphatic heterocycles. The second-order valence-corrected chi connectivity index (χ2v) is 6.83. The fraction of sp³-hybridized carbons (Fsp3) is 0.462. The summed E-state index contributed by atoms with van der Waals surface area (Å²) in [6.45, 7) is 1.69. The summed E-state index contributed by atoms with van der Waals surface area (Å²) in [6.07, 6.45) is -6.81. The molecule has 2 rings (SSSR count). The fourth-order valence-electron chi connectivity index (χ4n) is 2.22. The normalized spacial score (nSPS) is 25.5. The molecule has 0 amide bonds. The molecule has 1 N–H and O–H groups in total. The molecule has 1 aromatic rings. The van der Waals surface area contributed by atoms with Crippen LogP contribution in [-0.2, 0) is 19.1 Å². The van der Waals surface area contributed by atoms with E-state index in [9.17, 15) is 26.4 Å². The minimum atomic E-state index is -4.98. The van der Waals surface area contributed by atoms with Gasteiger partial charge in [-0.3, -0.25) is 4.79 Å². The van der Waals surface area contributed by atoms with Gasteiger partial charge in [0.15, 0.2) is 5.60 Å². The van der Waals surface area contributed by atoms with E-state index in [1.54, 1.807) is 6.92 Å². The Morgan fingerprint density at radius 3 is 2.18 bits per heavy atom. The molecule has 5 nitrogen and oxygen atoms in total. The van der Waals surface area contributed by atoms with Gasteiger partial charge in [-0.2, -0.15) is 21.6 Å². The van der Waals surface area contributed by atoms with Crippen molar-refractivity contribution in [3.05, 3.63) is 29.8 Å². The van der Waals surface area contributed by atoms with E-state index < -0.39 is 51.5 Å². The molecule has 1 saturated carbocycles. The van der Waals surface area contributed by atoms with Crippen LogP contribution in [-0.4, -0.2) is 31.3 Å². The molecule has 0 atom stereocenters. The number of alkyl halides is 3. The second kappa shape index (κ2) is 5.24. The highest BCUT2D eigenvalue weighted by molar-refractivity contribution is 7.86. The average Bonchev–Trinajstić information content (AvgIpc) is 2.31. The molecule has 1 aliphatic carbocycles. The number of hydrogen-bond donors (Lipinski definition) is 1. The van der Waals surface area contributed by atoms with Crippen molar-refractivity contribution in [2.45, 2.75) is 36.4 Å². The first-order valence-electron chi connectivity index (χ1n) is 6.29. The summed E-state index contributed by atoms with van der Waals surface area (Å²) in [4.78, 5) is 10.3. The van der Waals surface area contributed by atoms with Gasteiger partial charge in [0, 0.05) is 12.8 Å². The van der Waals surface area contributed by atoms with Gasteiger partial charge < -0.3 is 5.11 Å². The lowest BCUT2D eigenvalue weighted by atomic mass is 9.70. The van der Waals surface area contributed by atoms with Crippen LogP contribution >= 0.6 is 0 Å². The maximum atomic E-state index is 13.1. The minimum Gasteiger partial charge on any atom is -0.481 e. The molecule has 1 fully saturated rings. The molecular formula is C13H13F3O5S. The van der Waals surface area contributed by atoms with Crippen LogP contribution in [0, 0.1) is 12.8 Å². The topological polar surface area (TPSA) is 80.7 Å². The average molecular weight is 338 g/mol. The Morgan fingerprint density at radius 1 is 1.27 bits per heavy atom. The Morgan fingerprint density at radius 2 is 1.77 bits per heavy atom. The predicted molar refractivity (Wildman–Crippen MR) is 68.6 cm³/mol. The van der Waals surface area contributed by atoms with Crippen LogP contribution in [0.15, 0.2) is 29.2 Å². The number of aryl methyl sites for hydroxylation is 1. The molecule has 0 bridgehead atoms. The maximum Gasteiger partial charge on any atom is 0.418 e. The van der Waals surface area contributed by atoms with Crippen molar-refractivity contribution >= 4 is 16.1 Å². The highest BCUT2D eigenvalue weighted by Crippen LogP contribution is 2.52. The third kappa shape index (κ3) is 2.95. The van der Waals surface area contributed by atoms with Crippen LogP contribution in [0.5, 0.6) is 0 Å². The van der Waals surface area contributed by atoms with Gasteiger partial charge in [0.2, 0.25) is 0 Å². The lowest BCUT2D eigenvalue weighted by molar-refractivity contribution is -0.284. The lowest BCUT2D eigenvalue weighted by Gasteiger charge is -2.45. The molecular weight excluding hydrogens is 325 g/mol.